The number of ketones is 1. The fraction of sp³-hybridized carbons (Fsp3) is 0.871. The first-order valence-corrected chi connectivity index (χ1v) is 14.6. The quantitative estimate of drug-likeness (QED) is 0.246. The summed E-state index contributed by atoms with van der Waals surface area (Å²) < 4.78 is 0. The molecular weight excluding hydrogens is 464 g/mol. The first-order chi connectivity index (χ1) is 17.0. The Morgan fingerprint density at radius 1 is 0.973 bits per heavy atom. The van der Waals surface area contributed by atoms with Crippen LogP contribution in [0.15, 0.2) is 16.8 Å². The van der Waals surface area contributed by atoms with Gasteiger partial charge in [-0.25, -0.2) is 5.06 Å². The Labute approximate surface area is 222 Å². The van der Waals surface area contributed by atoms with Crippen LogP contribution in [0.1, 0.15) is 106 Å². The molecule has 0 spiro atoms. The molecule has 9 unspecified atom stereocenters. The van der Waals surface area contributed by atoms with Crippen molar-refractivity contribution in [3.8, 4) is 0 Å². The molecule has 4 saturated carbocycles. The Morgan fingerprint density at radius 3 is 2.24 bits per heavy atom. The van der Waals surface area contributed by atoms with Gasteiger partial charge in [-0.3, -0.25) is 14.8 Å². The predicted molar refractivity (Wildman–Crippen MR) is 144 cm³/mol. The summed E-state index contributed by atoms with van der Waals surface area (Å²) in [6.07, 6.45) is 10.2. The van der Waals surface area contributed by atoms with Gasteiger partial charge >= 0.3 is 0 Å². The smallest absolute Gasteiger partial charge is 0.251 e. The number of carbonyl (C=O) groups is 2. The molecule has 0 heterocycles. The molecule has 0 bridgehead atoms. The number of nitrogens with zero attached hydrogens (tertiary/aromatic N) is 2. The van der Waals surface area contributed by atoms with Crippen LogP contribution < -0.4 is 0 Å². The number of rotatable bonds is 2. The average Bonchev–Trinajstić information content (AvgIpc) is 2.80. The van der Waals surface area contributed by atoms with Gasteiger partial charge in [0.25, 0.3) is 5.91 Å². The van der Waals surface area contributed by atoms with Gasteiger partial charge in [-0.2, -0.15) is 4.91 Å². The van der Waals surface area contributed by atoms with Crippen molar-refractivity contribution in [3.63, 3.8) is 0 Å². The Bertz CT molecular complexity index is 1070. The Morgan fingerprint density at radius 2 is 1.62 bits per heavy atom. The molecule has 0 aromatic rings. The molecule has 0 aromatic heterocycles. The van der Waals surface area contributed by atoms with Crippen LogP contribution in [-0.4, -0.2) is 35.1 Å². The van der Waals surface area contributed by atoms with E-state index in [1.165, 1.54) is 12.6 Å². The lowest BCUT2D eigenvalue weighted by molar-refractivity contribution is -0.190. The highest BCUT2D eigenvalue weighted by molar-refractivity contribution is 5.95. The normalized spacial score (nSPS) is 50.5. The largest absolute Gasteiger partial charge is 0.295 e. The van der Waals surface area contributed by atoms with Gasteiger partial charge in [0, 0.05) is 18.4 Å². The zero-order chi connectivity index (χ0) is 27.4. The van der Waals surface area contributed by atoms with Crippen LogP contribution in [0.25, 0.3) is 0 Å². The Balaban J connectivity index is 1.60. The van der Waals surface area contributed by atoms with E-state index in [1.54, 1.807) is 0 Å². The van der Waals surface area contributed by atoms with Gasteiger partial charge in [0.15, 0.2) is 5.78 Å². The molecule has 1 N–H and O–H groups in total. The van der Waals surface area contributed by atoms with E-state index in [1.807, 2.05) is 13.0 Å². The molecule has 4 fully saturated rings. The number of carbonyl (C=O) groups excluding carboxylic acids is 2. The first kappa shape index (κ1) is 27.0. The van der Waals surface area contributed by atoms with Crippen molar-refractivity contribution in [2.24, 2.45) is 55.4 Å². The number of hydrogen-bond donors (Lipinski definition) is 1. The van der Waals surface area contributed by atoms with E-state index in [9.17, 15) is 19.7 Å². The summed E-state index contributed by atoms with van der Waals surface area (Å²) in [7, 11) is 1.43. The van der Waals surface area contributed by atoms with E-state index in [4.69, 9.17) is 0 Å². The van der Waals surface area contributed by atoms with Gasteiger partial charge in [-0.05, 0) is 103 Å². The van der Waals surface area contributed by atoms with E-state index < -0.39 is 5.41 Å². The summed E-state index contributed by atoms with van der Waals surface area (Å²) in [4.78, 5) is 39.2. The molecule has 0 saturated heterocycles. The molecule has 9 atom stereocenters. The molecule has 5 rings (SSSR count). The van der Waals surface area contributed by atoms with Crippen LogP contribution in [0.3, 0.4) is 0 Å². The second-order valence-corrected chi connectivity index (χ2v) is 15.6. The molecule has 206 valence electrons. The second-order valence-electron chi connectivity index (χ2n) is 15.6. The van der Waals surface area contributed by atoms with Crippen LogP contribution in [0.4, 0.5) is 0 Å². The topological polar surface area (TPSA) is 87.0 Å². The van der Waals surface area contributed by atoms with E-state index >= 15 is 0 Å². The Kier molecular flexibility index (Phi) is 5.83. The third-order valence-corrected chi connectivity index (χ3v) is 13.5. The van der Waals surface area contributed by atoms with Gasteiger partial charge in [0.05, 0.1) is 6.04 Å². The lowest BCUT2D eigenvalue weighted by atomic mass is 9.33. The molecule has 0 aromatic carbocycles. The molecule has 0 radical (unpaired) electrons. The minimum atomic E-state index is -0.624. The van der Waals surface area contributed by atoms with Gasteiger partial charge in [-0.1, -0.05) is 59.2 Å². The number of amides is 1. The maximum Gasteiger partial charge on any atom is 0.251 e. The lowest BCUT2D eigenvalue weighted by Crippen LogP contribution is -2.66. The first-order valence-electron chi connectivity index (χ1n) is 14.6. The van der Waals surface area contributed by atoms with Crippen LogP contribution in [0, 0.1) is 55.2 Å². The van der Waals surface area contributed by atoms with Crippen LogP contribution in [-0.2, 0) is 9.59 Å². The molecule has 1 amide bonds. The maximum absolute atomic E-state index is 14.4. The lowest BCUT2D eigenvalue weighted by Gasteiger charge is -2.70. The van der Waals surface area contributed by atoms with Crippen molar-refractivity contribution in [2.45, 2.75) is 112 Å². The number of allylic oxidation sites excluding steroid dienone is 2. The second kappa shape index (κ2) is 7.99. The molecular formula is C31H48N2O4. The monoisotopic (exact) mass is 512 g/mol. The summed E-state index contributed by atoms with van der Waals surface area (Å²) in [6.45, 7) is 15.9. The molecule has 6 nitrogen and oxygen atoms in total. The fourth-order valence-electron chi connectivity index (χ4n) is 10.9. The highest BCUT2D eigenvalue weighted by Crippen LogP contribution is 2.75. The summed E-state index contributed by atoms with van der Waals surface area (Å²) in [5.41, 5.74) is 0.0740. The van der Waals surface area contributed by atoms with E-state index in [0.717, 1.165) is 56.4 Å². The number of fused-ring (bicyclic) bond motifs is 7. The van der Waals surface area contributed by atoms with Crippen molar-refractivity contribution in [1.29, 1.82) is 0 Å². The number of hydrogen-bond acceptors (Lipinski definition) is 5. The zero-order valence-corrected chi connectivity index (χ0v) is 24.3. The predicted octanol–water partition coefficient (Wildman–Crippen LogP) is 6.95. The van der Waals surface area contributed by atoms with Crippen LogP contribution in [0.5, 0.6) is 0 Å². The molecule has 5 aliphatic rings. The molecule has 37 heavy (non-hydrogen) atoms. The van der Waals surface area contributed by atoms with Crippen molar-refractivity contribution in [2.75, 3.05) is 7.05 Å². The van der Waals surface area contributed by atoms with Gasteiger partial charge in [-0.15, -0.1) is 0 Å². The molecule has 6 heteroatoms. The van der Waals surface area contributed by atoms with Gasteiger partial charge in [0.1, 0.15) is 0 Å². The van der Waals surface area contributed by atoms with Crippen molar-refractivity contribution in [3.05, 3.63) is 16.6 Å². The molecule has 5 aliphatic carbocycles. The Hall–Kier alpha value is -1.56. The third-order valence-electron chi connectivity index (χ3n) is 13.5. The van der Waals surface area contributed by atoms with Crippen LogP contribution in [0.2, 0.25) is 0 Å². The van der Waals surface area contributed by atoms with Gasteiger partial charge < -0.3 is 0 Å². The summed E-state index contributed by atoms with van der Waals surface area (Å²) >= 11 is 0. The van der Waals surface area contributed by atoms with Crippen molar-refractivity contribution in [1.82, 2.24) is 5.06 Å². The number of hydroxylamine groups is 2. The SMILES string of the molecule is CN(O)C(=O)C1(C)CCC2(C)CCC3(C)C(=CC(=O)C4C5(C)CCC(N=O)C(C)(C)C5CCC43C)C2C1. The minimum Gasteiger partial charge on any atom is -0.295 e. The molecule has 0 aliphatic heterocycles. The highest BCUT2D eigenvalue weighted by Gasteiger charge is 2.70. The van der Waals surface area contributed by atoms with Crippen LogP contribution >= 0.6 is 0 Å². The summed E-state index contributed by atoms with van der Waals surface area (Å²) in [5, 5.41) is 14.3. The maximum atomic E-state index is 14.4. The van der Waals surface area contributed by atoms with E-state index in [-0.39, 0.29) is 56.6 Å². The minimum absolute atomic E-state index is 0.0658. The van der Waals surface area contributed by atoms with Gasteiger partial charge in [0.2, 0.25) is 0 Å². The average molecular weight is 513 g/mol. The highest BCUT2D eigenvalue weighted by atomic mass is 16.5. The number of nitroso groups, excluding NO2 is 1. The van der Waals surface area contributed by atoms with E-state index in [0.29, 0.717) is 12.3 Å². The third kappa shape index (κ3) is 3.32. The van der Waals surface area contributed by atoms with Crippen molar-refractivity contribution >= 4 is 11.7 Å². The van der Waals surface area contributed by atoms with Crippen molar-refractivity contribution < 1.29 is 14.8 Å². The fourth-order valence-corrected chi connectivity index (χ4v) is 10.9. The standard InChI is InChI=1S/C31H48N2O4/c1-26(2)22-9-12-31(7)24(29(22,5)11-10-23(26)32-36)21(34)17-19-20-18-28(4,25(35)33(8)37)14-13-27(20,3)15-16-30(19,31)6/h17,20,22-24,37H,9-16,18H2,1-8H3. The van der Waals surface area contributed by atoms with E-state index in [2.05, 4.69) is 46.7 Å². The summed E-state index contributed by atoms with van der Waals surface area (Å²) in [6, 6.07) is -0.187. The zero-order valence-electron chi connectivity index (χ0n) is 24.3. The summed E-state index contributed by atoms with van der Waals surface area (Å²) in [5.74, 6) is 0.431.